The predicted molar refractivity (Wildman–Crippen MR) is 103 cm³/mol. The van der Waals surface area contributed by atoms with E-state index >= 15 is 0 Å². The molecule has 2 amide bonds. The first-order valence-electron chi connectivity index (χ1n) is 8.48. The molecule has 0 saturated heterocycles. The molecule has 2 N–H and O–H groups in total. The van der Waals surface area contributed by atoms with Crippen LogP contribution in [0.3, 0.4) is 0 Å². The third-order valence-electron chi connectivity index (χ3n) is 3.96. The number of hydrogen-bond acceptors (Lipinski definition) is 4. The fourth-order valence-electron chi connectivity index (χ4n) is 2.49. The van der Waals surface area contributed by atoms with Gasteiger partial charge in [0.05, 0.1) is 5.69 Å². The first kappa shape index (κ1) is 19.8. The number of nitrogens with zero attached hydrogens (tertiary/aromatic N) is 1. The Labute approximate surface area is 164 Å². The van der Waals surface area contributed by atoms with Gasteiger partial charge in [-0.1, -0.05) is 12.1 Å². The molecule has 0 saturated carbocycles. The Balaban J connectivity index is 1.76. The second-order valence-corrected chi connectivity index (χ2v) is 6.10. The quantitative estimate of drug-likeness (QED) is 0.638. The zero-order valence-corrected chi connectivity index (χ0v) is 15.2. The van der Waals surface area contributed by atoms with Crippen molar-refractivity contribution in [2.45, 2.75) is 6.92 Å². The average Bonchev–Trinajstić information content (AvgIpc) is 2.70. The topological polar surface area (TPSA) is 88.2 Å². The molecule has 2 aromatic carbocycles. The number of Topliss-reactive ketones (excluding diaryl/α,β-unsaturated/α-hetero) is 1. The number of halogens is 2. The number of aromatic nitrogens is 1. The zero-order chi connectivity index (χ0) is 21.0. The average molecular weight is 395 g/mol. The number of anilines is 2. The lowest BCUT2D eigenvalue weighted by Crippen LogP contribution is -2.17. The number of nitrogens with one attached hydrogen (secondary N) is 2. The second kappa shape index (κ2) is 8.39. The molecule has 3 rings (SSSR count). The molecule has 29 heavy (non-hydrogen) atoms. The van der Waals surface area contributed by atoms with E-state index in [0.717, 1.165) is 12.1 Å². The molecule has 3 aromatic rings. The fraction of sp³-hybridized carbons (Fsp3) is 0.0476. The largest absolute Gasteiger partial charge is 0.322 e. The molecule has 0 unspecified atom stereocenters. The molecule has 0 aliphatic rings. The monoisotopic (exact) mass is 395 g/mol. The summed E-state index contributed by atoms with van der Waals surface area (Å²) in [6.45, 7) is 1.42. The highest BCUT2D eigenvalue weighted by Crippen LogP contribution is 2.17. The minimum absolute atomic E-state index is 0.126. The lowest BCUT2D eigenvalue weighted by atomic mass is 10.1. The van der Waals surface area contributed by atoms with Gasteiger partial charge in [-0.15, -0.1) is 0 Å². The molecule has 1 heterocycles. The van der Waals surface area contributed by atoms with Crippen LogP contribution in [0.5, 0.6) is 0 Å². The number of benzene rings is 2. The van der Waals surface area contributed by atoms with Gasteiger partial charge in [0.25, 0.3) is 11.8 Å². The molecule has 0 atom stereocenters. The van der Waals surface area contributed by atoms with E-state index in [1.807, 2.05) is 0 Å². The Morgan fingerprint density at radius 1 is 0.862 bits per heavy atom. The minimum Gasteiger partial charge on any atom is -0.322 e. The summed E-state index contributed by atoms with van der Waals surface area (Å²) in [4.78, 5) is 40.1. The first-order chi connectivity index (χ1) is 13.8. The van der Waals surface area contributed by atoms with E-state index in [0.29, 0.717) is 17.3 Å². The number of ketones is 1. The van der Waals surface area contributed by atoms with Gasteiger partial charge in [0, 0.05) is 29.1 Å². The SMILES string of the molecule is CC(=O)c1cccc(NC(=O)c2ccnc(C(=O)Nc3ccc(F)cc3F)c2)c1. The van der Waals surface area contributed by atoms with Crippen molar-refractivity contribution in [3.05, 3.63) is 89.2 Å². The number of carbonyl (C=O) groups is 3. The lowest BCUT2D eigenvalue weighted by molar-refractivity contribution is 0.100. The summed E-state index contributed by atoms with van der Waals surface area (Å²) >= 11 is 0. The van der Waals surface area contributed by atoms with Crippen LogP contribution in [0.4, 0.5) is 20.2 Å². The van der Waals surface area contributed by atoms with Gasteiger partial charge < -0.3 is 10.6 Å². The van der Waals surface area contributed by atoms with E-state index in [1.165, 1.54) is 31.3 Å². The van der Waals surface area contributed by atoms with Crippen LogP contribution in [0, 0.1) is 11.6 Å². The van der Waals surface area contributed by atoms with Crippen molar-refractivity contribution in [1.82, 2.24) is 4.98 Å². The number of rotatable bonds is 5. The van der Waals surface area contributed by atoms with E-state index in [1.54, 1.807) is 18.2 Å². The molecule has 0 aliphatic carbocycles. The Morgan fingerprint density at radius 2 is 1.66 bits per heavy atom. The van der Waals surface area contributed by atoms with Gasteiger partial charge in [0.1, 0.15) is 17.3 Å². The molecule has 8 heteroatoms. The van der Waals surface area contributed by atoms with Crippen molar-refractivity contribution in [3.63, 3.8) is 0 Å². The number of pyridine rings is 1. The first-order valence-corrected chi connectivity index (χ1v) is 8.48. The fourth-order valence-corrected chi connectivity index (χ4v) is 2.49. The smallest absolute Gasteiger partial charge is 0.274 e. The third-order valence-corrected chi connectivity index (χ3v) is 3.96. The molecule has 0 radical (unpaired) electrons. The molecule has 6 nitrogen and oxygen atoms in total. The van der Waals surface area contributed by atoms with Crippen LogP contribution in [0.2, 0.25) is 0 Å². The van der Waals surface area contributed by atoms with E-state index in [2.05, 4.69) is 15.6 Å². The van der Waals surface area contributed by atoms with Gasteiger partial charge >= 0.3 is 0 Å². The number of amides is 2. The third kappa shape index (κ3) is 4.86. The maximum absolute atomic E-state index is 13.7. The summed E-state index contributed by atoms with van der Waals surface area (Å²) in [7, 11) is 0. The highest BCUT2D eigenvalue weighted by atomic mass is 19.1. The molecular formula is C21H15F2N3O3. The van der Waals surface area contributed by atoms with Crippen LogP contribution in [0.15, 0.2) is 60.8 Å². The number of hydrogen-bond donors (Lipinski definition) is 2. The van der Waals surface area contributed by atoms with Gasteiger partial charge in [-0.2, -0.15) is 0 Å². The molecule has 0 spiro atoms. The van der Waals surface area contributed by atoms with Gasteiger partial charge in [0.2, 0.25) is 0 Å². The summed E-state index contributed by atoms with van der Waals surface area (Å²) in [5, 5.41) is 4.91. The van der Waals surface area contributed by atoms with Gasteiger partial charge in [-0.3, -0.25) is 19.4 Å². The van der Waals surface area contributed by atoms with Gasteiger partial charge in [-0.05, 0) is 43.3 Å². The molecule has 0 fully saturated rings. The highest BCUT2D eigenvalue weighted by Gasteiger charge is 2.14. The molecule has 1 aromatic heterocycles. The lowest BCUT2D eigenvalue weighted by Gasteiger charge is -2.09. The van der Waals surface area contributed by atoms with Gasteiger partial charge in [0.15, 0.2) is 5.78 Å². The summed E-state index contributed by atoms with van der Waals surface area (Å²) in [6.07, 6.45) is 1.26. The summed E-state index contributed by atoms with van der Waals surface area (Å²) < 4.78 is 26.7. The predicted octanol–water partition coefficient (Wildman–Crippen LogP) is 4.07. The Morgan fingerprint density at radius 3 is 2.38 bits per heavy atom. The normalized spacial score (nSPS) is 10.3. The van der Waals surface area contributed by atoms with E-state index < -0.39 is 23.4 Å². The van der Waals surface area contributed by atoms with Crippen molar-refractivity contribution in [3.8, 4) is 0 Å². The van der Waals surface area contributed by atoms with Crippen LogP contribution in [0.25, 0.3) is 0 Å². The molecule has 146 valence electrons. The van der Waals surface area contributed by atoms with Crippen LogP contribution in [0.1, 0.15) is 38.1 Å². The Kier molecular flexibility index (Phi) is 5.73. The number of carbonyl (C=O) groups excluding carboxylic acids is 3. The molecule has 0 bridgehead atoms. The maximum Gasteiger partial charge on any atom is 0.274 e. The summed E-state index contributed by atoms with van der Waals surface area (Å²) in [5.74, 6) is -3.13. The van der Waals surface area contributed by atoms with Crippen molar-refractivity contribution in [2.75, 3.05) is 10.6 Å². The molecular weight excluding hydrogens is 380 g/mol. The van der Waals surface area contributed by atoms with Crippen LogP contribution < -0.4 is 10.6 Å². The van der Waals surface area contributed by atoms with Crippen molar-refractivity contribution in [2.24, 2.45) is 0 Å². The van der Waals surface area contributed by atoms with Crippen LogP contribution >= 0.6 is 0 Å². The van der Waals surface area contributed by atoms with Crippen molar-refractivity contribution < 1.29 is 23.2 Å². The van der Waals surface area contributed by atoms with Gasteiger partial charge in [-0.25, -0.2) is 8.78 Å². The standard InChI is InChI=1S/C21H15F2N3O3/c1-12(27)13-3-2-4-16(9-13)25-20(28)14-7-8-24-19(10-14)21(29)26-18-6-5-15(22)11-17(18)23/h2-11H,1H3,(H,25,28)(H,26,29). The Bertz CT molecular complexity index is 1120. The van der Waals surface area contributed by atoms with Crippen LogP contribution in [-0.2, 0) is 0 Å². The summed E-state index contributed by atoms with van der Waals surface area (Å²) in [5.41, 5.74) is 0.656. The van der Waals surface area contributed by atoms with E-state index in [9.17, 15) is 23.2 Å². The second-order valence-electron chi connectivity index (χ2n) is 6.10. The van der Waals surface area contributed by atoms with E-state index in [-0.39, 0.29) is 22.7 Å². The van der Waals surface area contributed by atoms with Crippen molar-refractivity contribution in [1.29, 1.82) is 0 Å². The van der Waals surface area contributed by atoms with Crippen molar-refractivity contribution >= 4 is 29.0 Å². The summed E-state index contributed by atoms with van der Waals surface area (Å²) in [6, 6.07) is 11.8. The van der Waals surface area contributed by atoms with E-state index in [4.69, 9.17) is 0 Å². The van der Waals surface area contributed by atoms with Crippen LogP contribution in [-0.4, -0.2) is 22.6 Å². The maximum atomic E-state index is 13.7. The highest BCUT2D eigenvalue weighted by molar-refractivity contribution is 6.08. The molecule has 0 aliphatic heterocycles. The Hall–Kier alpha value is -3.94. The zero-order valence-electron chi connectivity index (χ0n) is 15.2. The minimum atomic E-state index is -0.933.